The van der Waals surface area contributed by atoms with Crippen LogP contribution in [0, 0.1) is 42.9 Å². The number of fused-ring (bicyclic) bond motifs is 4. The minimum atomic E-state index is -4.93. The number of sulfone groups is 4. The SMILES string of the molecule is CN1C(=O)c2c(nc(S(C)(=O)=O)nc2-c2ccco2)/C1=C/c1ccc(F)cc1F.CN1C(=O)c2c(nc(S(C)(=O)=O)nc2-c2ccco2)/C1=C/c1ccccc1OC(F)(F)F.Cc1ccc(-c2nc(S(C)(=O)=O)nc3c2C(=O)N(C)/C3=C\c2ccc(F)cc2F)o1.Cc1ccc(-c2nc(S(C)(=O)=O)nc3c2C(=O)N(C)/C3=C\c2ccccc2F)o1. The first kappa shape index (κ1) is 84.1. The number of aromatic nitrogens is 8. The van der Waals surface area contributed by atoms with E-state index in [2.05, 4.69) is 44.6 Å². The van der Waals surface area contributed by atoms with Gasteiger partial charge < -0.3 is 42.0 Å². The molecule has 120 heavy (non-hydrogen) atoms. The molecule has 12 aromatic rings. The number of hydrogen-bond acceptors (Lipinski definition) is 25. The van der Waals surface area contributed by atoms with Crippen molar-refractivity contribution in [3.63, 3.8) is 0 Å². The van der Waals surface area contributed by atoms with Crippen LogP contribution in [0.2, 0.25) is 0 Å². The number of carbonyl (C=O) groups excluding carboxylic acids is 4. The van der Waals surface area contributed by atoms with E-state index in [-0.39, 0.29) is 136 Å². The Morgan fingerprint density at radius 3 is 0.925 bits per heavy atom. The maximum absolute atomic E-state index is 14.2. The van der Waals surface area contributed by atoms with Gasteiger partial charge in [-0.1, -0.05) is 36.4 Å². The summed E-state index contributed by atoms with van der Waals surface area (Å²) < 4.78 is 230. The first-order valence-corrected chi connectivity index (χ1v) is 42.1. The monoisotopic (exact) mass is 1730 g/mol. The molecule has 4 aromatic carbocycles. The van der Waals surface area contributed by atoms with E-state index in [1.807, 2.05) is 0 Å². The second kappa shape index (κ2) is 31.9. The van der Waals surface area contributed by atoms with Crippen LogP contribution in [-0.4, -0.2) is 176 Å². The molecular formula is C79H58F8N12O17S4. The number of alkyl halides is 3. The van der Waals surface area contributed by atoms with Crippen LogP contribution in [0.15, 0.2) is 184 Å². The number of halogens is 8. The zero-order valence-corrected chi connectivity index (χ0v) is 66.9. The Labute approximate surface area is 675 Å². The summed E-state index contributed by atoms with van der Waals surface area (Å²) in [5, 5.41) is -2.01. The number of nitrogens with zero attached hydrogens (tertiary/aromatic N) is 12. The highest BCUT2D eigenvalue weighted by Crippen LogP contribution is 2.44. The highest BCUT2D eigenvalue weighted by molar-refractivity contribution is 7.91. The third-order valence-corrected chi connectivity index (χ3v) is 21.4. The molecule has 0 saturated carbocycles. The van der Waals surface area contributed by atoms with Gasteiger partial charge in [-0.25, -0.2) is 95.5 Å². The van der Waals surface area contributed by atoms with Crippen molar-refractivity contribution >= 4 is 110 Å². The maximum atomic E-state index is 14.2. The second-order valence-electron chi connectivity index (χ2n) is 26.7. The van der Waals surface area contributed by atoms with Crippen LogP contribution in [0.4, 0.5) is 35.1 Å². The van der Waals surface area contributed by atoms with E-state index in [4.69, 9.17) is 17.7 Å². The molecule has 0 bridgehead atoms. The van der Waals surface area contributed by atoms with Gasteiger partial charge in [-0.2, -0.15) is 0 Å². The topological polar surface area (TPSA) is 383 Å². The third-order valence-electron chi connectivity index (χ3n) is 18.0. The van der Waals surface area contributed by atoms with Crippen LogP contribution in [0.1, 0.15) is 98.0 Å². The van der Waals surface area contributed by atoms with E-state index in [0.717, 1.165) is 48.1 Å². The van der Waals surface area contributed by atoms with Gasteiger partial charge in [-0.05, 0) is 123 Å². The number of carbonyl (C=O) groups is 4. The lowest BCUT2D eigenvalue weighted by molar-refractivity contribution is -0.274. The predicted octanol–water partition coefficient (Wildman–Crippen LogP) is 13.1. The van der Waals surface area contributed by atoms with Crippen LogP contribution < -0.4 is 4.74 Å². The number of aryl methyl sites for hydroxylation is 2. The average Bonchev–Trinajstić information content (AvgIpc) is 1.61. The molecule has 0 fully saturated rings. The molecule has 0 atom stereocenters. The van der Waals surface area contributed by atoms with E-state index >= 15 is 0 Å². The first-order chi connectivity index (χ1) is 56.3. The fourth-order valence-electron chi connectivity index (χ4n) is 12.3. The van der Waals surface area contributed by atoms with Gasteiger partial charge in [0.05, 0.1) is 57.6 Å². The largest absolute Gasteiger partial charge is 0.573 e. The highest BCUT2D eigenvalue weighted by atomic mass is 32.2. The molecular weight excluding hydrogens is 1670 g/mol. The zero-order valence-electron chi connectivity index (χ0n) is 63.6. The number of benzene rings is 4. The molecule has 8 aromatic heterocycles. The summed E-state index contributed by atoms with van der Waals surface area (Å²) in [7, 11) is -9.58. The van der Waals surface area contributed by atoms with Crippen molar-refractivity contribution in [1.29, 1.82) is 0 Å². The number of rotatable bonds is 13. The van der Waals surface area contributed by atoms with Crippen molar-refractivity contribution in [2.45, 2.75) is 40.8 Å². The number of para-hydroxylation sites is 1. The fraction of sp³-hybridized carbons (Fsp3) is 0.139. The normalized spacial score (nSPS) is 15.2. The quantitative estimate of drug-likeness (QED) is 0.0764. The molecule has 12 heterocycles. The predicted molar refractivity (Wildman–Crippen MR) is 413 cm³/mol. The summed E-state index contributed by atoms with van der Waals surface area (Å²) in [6, 6.07) is 30.0. The van der Waals surface area contributed by atoms with E-state index in [9.17, 15) is 88.0 Å². The molecule has 0 aliphatic carbocycles. The molecule has 4 aliphatic heterocycles. The van der Waals surface area contributed by atoms with Gasteiger partial charge in [0.25, 0.3) is 23.6 Å². The lowest BCUT2D eigenvalue weighted by Crippen LogP contribution is -2.18. The van der Waals surface area contributed by atoms with Crippen molar-refractivity contribution in [3.8, 4) is 51.6 Å². The van der Waals surface area contributed by atoms with Crippen LogP contribution >= 0.6 is 0 Å². The highest BCUT2D eigenvalue weighted by Gasteiger charge is 2.43. The molecule has 29 nitrogen and oxygen atoms in total. The van der Waals surface area contributed by atoms with Crippen LogP contribution in [0.5, 0.6) is 5.75 Å². The molecule has 4 aliphatic rings. The number of amides is 4. The summed E-state index contributed by atoms with van der Waals surface area (Å²) in [4.78, 5) is 89.1. The Bertz CT molecular complexity index is 6910. The summed E-state index contributed by atoms with van der Waals surface area (Å²) in [6.45, 7) is 3.42. The van der Waals surface area contributed by atoms with E-state index in [1.165, 1.54) is 134 Å². The summed E-state index contributed by atoms with van der Waals surface area (Å²) >= 11 is 0. The summed E-state index contributed by atoms with van der Waals surface area (Å²) in [5.41, 5.74) is 1.21. The lowest BCUT2D eigenvalue weighted by Gasteiger charge is -2.14. The molecule has 41 heteroatoms. The molecule has 4 amide bonds. The minimum absolute atomic E-state index is 0.00592. The maximum Gasteiger partial charge on any atom is 0.573 e. The lowest BCUT2D eigenvalue weighted by atomic mass is 10.1. The first-order valence-electron chi connectivity index (χ1n) is 34.5. The van der Waals surface area contributed by atoms with Gasteiger partial charge in [-0.3, -0.25) is 19.2 Å². The van der Waals surface area contributed by atoms with E-state index < -0.39 is 125 Å². The number of hydrogen-bond donors (Lipinski definition) is 0. The Morgan fingerprint density at radius 2 is 0.642 bits per heavy atom. The van der Waals surface area contributed by atoms with Crippen molar-refractivity contribution in [2.75, 3.05) is 53.2 Å². The van der Waals surface area contributed by atoms with Gasteiger partial charge in [0, 0.05) is 87.6 Å². The van der Waals surface area contributed by atoms with Gasteiger partial charge in [-0.15, -0.1) is 13.2 Å². The Morgan fingerprint density at radius 1 is 0.350 bits per heavy atom. The summed E-state index contributed by atoms with van der Waals surface area (Å²) in [5.74, 6) is -4.29. The molecule has 0 spiro atoms. The Kier molecular flexibility index (Phi) is 22.4. The zero-order chi connectivity index (χ0) is 86.9. The van der Waals surface area contributed by atoms with Crippen molar-refractivity contribution in [2.24, 2.45) is 0 Å². The van der Waals surface area contributed by atoms with Crippen LogP contribution in [0.3, 0.4) is 0 Å². The van der Waals surface area contributed by atoms with Gasteiger partial charge in [0.15, 0.2) is 23.0 Å². The minimum Gasteiger partial charge on any atom is -0.463 e. The molecule has 0 radical (unpaired) electrons. The number of furan rings is 4. The molecule has 16 rings (SSSR count). The molecule has 616 valence electrons. The van der Waals surface area contributed by atoms with Gasteiger partial charge >= 0.3 is 6.36 Å². The van der Waals surface area contributed by atoms with E-state index in [0.29, 0.717) is 23.7 Å². The van der Waals surface area contributed by atoms with Crippen molar-refractivity contribution in [1.82, 2.24) is 59.5 Å². The van der Waals surface area contributed by atoms with Gasteiger partial charge in [0.1, 0.15) is 91.9 Å². The van der Waals surface area contributed by atoms with Crippen LogP contribution in [0.25, 0.3) is 92.9 Å². The van der Waals surface area contributed by atoms with Crippen molar-refractivity contribution < 1.29 is 110 Å². The molecule has 0 N–H and O–H groups in total. The standard InChI is InChI=1S/C20H14F3N3O5S.C20H15F2N3O4S.C20H16FN3O4S.C19H13F2N3O4S/c1-26-12(10-11-6-3-4-7-13(11)31-20(21,22)23)16-15(18(26)27)17(14-8-5-9-30-14)25-19(24-16)32(2,28)29;1-10-4-7-15(29-10)18-16-17(23-20(24-18)30(3,27)28)14(25(2)19(16)26)8-11-5-6-12(21)9-13(11)22;1-11-8-9-15(28-11)18-16-17(22-20(23-18)29(3,26)27)14(24(2)19(16)25)10-12-6-4-5-7-13(12)21;1-24-13(8-10-5-6-11(20)9-12(10)21)16-15(18(24)25)17(14-4-3-7-28-14)23-19(22-16)29(2,26)27/h3-10H,1-2H3;4-9H,1-3H3;4-10H,1-3H3;3-9H,1-2H3/b12-10-;14-8-;14-10-;13-8-. The second-order valence-corrected chi connectivity index (χ2v) is 34.3. The molecule has 0 saturated heterocycles. The van der Waals surface area contributed by atoms with Gasteiger partial charge in [0.2, 0.25) is 60.0 Å². The summed E-state index contributed by atoms with van der Waals surface area (Å²) in [6.07, 6.45) is 6.82. The van der Waals surface area contributed by atoms with Crippen molar-refractivity contribution in [3.05, 3.63) is 254 Å². The smallest absolute Gasteiger partial charge is 0.463 e. The number of ether oxygens (including phenoxy) is 1. The third kappa shape index (κ3) is 17.0. The Hall–Kier alpha value is -13.8. The average molecular weight is 1730 g/mol. The van der Waals surface area contributed by atoms with Crippen LogP contribution in [-0.2, 0) is 39.3 Å². The fourth-order valence-corrected chi connectivity index (χ4v) is 14.3. The molecule has 0 unspecified atom stereocenters. The van der Waals surface area contributed by atoms with E-state index in [1.54, 1.807) is 62.4 Å². The Balaban J connectivity index is 0.000000138.